The number of amides is 1. The molecule has 0 bridgehead atoms. The summed E-state index contributed by atoms with van der Waals surface area (Å²) in [6, 6.07) is 1.16. The van der Waals surface area contributed by atoms with E-state index in [0.29, 0.717) is 0 Å². The lowest BCUT2D eigenvalue weighted by Gasteiger charge is -2.29. The summed E-state index contributed by atoms with van der Waals surface area (Å²) in [4.78, 5) is 25.6. The maximum absolute atomic E-state index is 12.2. The SMILES string of the molecule is CC(Oc1coc(CO)cc1=O)C(=O)N1CCCCC1. The summed E-state index contributed by atoms with van der Waals surface area (Å²) in [6.07, 6.45) is 3.56. The highest BCUT2D eigenvalue weighted by Gasteiger charge is 2.24. The lowest BCUT2D eigenvalue weighted by atomic mass is 10.1. The topological polar surface area (TPSA) is 80.0 Å². The molecular formula is C14H19NO5. The van der Waals surface area contributed by atoms with Gasteiger partial charge in [0.15, 0.2) is 6.10 Å². The molecule has 6 heteroatoms. The van der Waals surface area contributed by atoms with Crippen molar-refractivity contribution < 1.29 is 19.1 Å². The van der Waals surface area contributed by atoms with E-state index >= 15 is 0 Å². The molecule has 0 aromatic carbocycles. The minimum absolute atomic E-state index is 0.0138. The van der Waals surface area contributed by atoms with Crippen LogP contribution in [0.25, 0.3) is 0 Å². The number of carbonyl (C=O) groups is 1. The second kappa shape index (κ2) is 6.56. The first-order valence-electron chi connectivity index (χ1n) is 6.80. The smallest absolute Gasteiger partial charge is 0.263 e. The van der Waals surface area contributed by atoms with E-state index < -0.39 is 11.5 Å². The lowest BCUT2D eigenvalue weighted by Crippen LogP contribution is -2.43. The van der Waals surface area contributed by atoms with Crippen molar-refractivity contribution in [3.8, 4) is 5.75 Å². The van der Waals surface area contributed by atoms with E-state index in [2.05, 4.69) is 0 Å². The number of carbonyl (C=O) groups excluding carboxylic acids is 1. The lowest BCUT2D eigenvalue weighted by molar-refractivity contribution is -0.138. The Morgan fingerprint density at radius 3 is 2.75 bits per heavy atom. The number of piperidine rings is 1. The van der Waals surface area contributed by atoms with Gasteiger partial charge in [-0.15, -0.1) is 0 Å². The largest absolute Gasteiger partial charge is 0.474 e. The molecule has 1 aliphatic rings. The van der Waals surface area contributed by atoms with Crippen LogP contribution >= 0.6 is 0 Å². The van der Waals surface area contributed by atoms with Gasteiger partial charge in [0, 0.05) is 19.2 Å². The minimum Gasteiger partial charge on any atom is -0.474 e. The van der Waals surface area contributed by atoms with Crippen molar-refractivity contribution in [1.29, 1.82) is 0 Å². The van der Waals surface area contributed by atoms with Crippen LogP contribution < -0.4 is 10.2 Å². The van der Waals surface area contributed by atoms with Gasteiger partial charge < -0.3 is 19.2 Å². The van der Waals surface area contributed by atoms with Gasteiger partial charge in [-0.2, -0.15) is 0 Å². The Kier molecular flexibility index (Phi) is 4.79. The van der Waals surface area contributed by atoms with Gasteiger partial charge in [0.2, 0.25) is 11.2 Å². The fourth-order valence-corrected chi connectivity index (χ4v) is 2.22. The molecule has 6 nitrogen and oxygen atoms in total. The molecule has 0 radical (unpaired) electrons. The molecule has 1 unspecified atom stereocenters. The van der Waals surface area contributed by atoms with Crippen molar-refractivity contribution in [3.63, 3.8) is 0 Å². The molecule has 2 heterocycles. The highest BCUT2D eigenvalue weighted by Crippen LogP contribution is 2.13. The zero-order chi connectivity index (χ0) is 14.5. The Labute approximate surface area is 117 Å². The highest BCUT2D eigenvalue weighted by atomic mass is 16.5. The summed E-state index contributed by atoms with van der Waals surface area (Å²) in [5, 5.41) is 8.86. The Hall–Kier alpha value is -1.82. The molecule has 0 spiro atoms. The Morgan fingerprint density at radius 2 is 2.15 bits per heavy atom. The Morgan fingerprint density at radius 1 is 1.45 bits per heavy atom. The summed E-state index contributed by atoms with van der Waals surface area (Å²) >= 11 is 0. The van der Waals surface area contributed by atoms with Crippen LogP contribution in [0, 0.1) is 0 Å². The molecule has 0 saturated carbocycles. The number of likely N-dealkylation sites (tertiary alicyclic amines) is 1. The molecular weight excluding hydrogens is 262 g/mol. The van der Waals surface area contributed by atoms with E-state index in [4.69, 9.17) is 14.3 Å². The standard InChI is InChI=1S/C14H19NO5/c1-10(14(18)15-5-3-2-4-6-15)20-13-9-19-11(8-16)7-12(13)17/h7,9-10,16H,2-6,8H2,1H3. The summed E-state index contributed by atoms with van der Waals surface area (Å²) in [7, 11) is 0. The van der Waals surface area contributed by atoms with Crippen LogP contribution in [0.4, 0.5) is 0 Å². The molecule has 1 atom stereocenters. The molecule has 1 N–H and O–H groups in total. The highest BCUT2D eigenvalue weighted by molar-refractivity contribution is 5.80. The van der Waals surface area contributed by atoms with Crippen LogP contribution in [-0.4, -0.2) is 35.1 Å². The predicted molar refractivity (Wildman–Crippen MR) is 71.4 cm³/mol. The average molecular weight is 281 g/mol. The molecule has 1 saturated heterocycles. The zero-order valence-electron chi connectivity index (χ0n) is 11.5. The van der Waals surface area contributed by atoms with Crippen molar-refractivity contribution in [2.24, 2.45) is 0 Å². The predicted octanol–water partition coefficient (Wildman–Crippen LogP) is 0.912. The summed E-state index contributed by atoms with van der Waals surface area (Å²) in [6.45, 7) is 2.75. The van der Waals surface area contributed by atoms with E-state index in [0.717, 1.165) is 44.7 Å². The minimum atomic E-state index is -0.726. The summed E-state index contributed by atoms with van der Waals surface area (Å²) in [5.41, 5.74) is -0.404. The molecule has 1 fully saturated rings. The van der Waals surface area contributed by atoms with Crippen molar-refractivity contribution in [2.45, 2.75) is 38.9 Å². The summed E-state index contributed by atoms with van der Waals surface area (Å²) in [5.74, 6) is 0.0350. The van der Waals surface area contributed by atoms with Crippen LogP contribution in [0.2, 0.25) is 0 Å². The van der Waals surface area contributed by atoms with Gasteiger partial charge in [0.1, 0.15) is 18.6 Å². The van der Waals surface area contributed by atoms with Crippen LogP contribution in [0.3, 0.4) is 0 Å². The number of nitrogens with zero attached hydrogens (tertiary/aromatic N) is 1. The Bertz CT molecular complexity index is 519. The van der Waals surface area contributed by atoms with Gasteiger partial charge >= 0.3 is 0 Å². The summed E-state index contributed by atoms with van der Waals surface area (Å²) < 4.78 is 10.4. The van der Waals surface area contributed by atoms with Crippen LogP contribution in [0.1, 0.15) is 31.9 Å². The maximum atomic E-state index is 12.2. The van der Waals surface area contributed by atoms with Crippen LogP contribution in [0.5, 0.6) is 5.75 Å². The van der Waals surface area contributed by atoms with Gasteiger partial charge in [-0.05, 0) is 26.2 Å². The van der Waals surface area contributed by atoms with Crippen molar-refractivity contribution >= 4 is 5.91 Å². The number of hydrogen-bond acceptors (Lipinski definition) is 5. The molecule has 1 amide bonds. The molecule has 1 aromatic rings. The normalized spacial score (nSPS) is 16.8. The monoisotopic (exact) mass is 281 g/mol. The average Bonchev–Trinajstić information content (AvgIpc) is 2.49. The molecule has 20 heavy (non-hydrogen) atoms. The second-order valence-electron chi connectivity index (χ2n) is 4.88. The van der Waals surface area contributed by atoms with Crippen molar-refractivity contribution in [3.05, 3.63) is 28.3 Å². The van der Waals surface area contributed by atoms with Gasteiger partial charge in [-0.1, -0.05) is 0 Å². The number of rotatable bonds is 4. The molecule has 1 aliphatic heterocycles. The van der Waals surface area contributed by atoms with E-state index in [1.165, 1.54) is 0 Å². The van der Waals surface area contributed by atoms with E-state index in [-0.39, 0.29) is 24.0 Å². The van der Waals surface area contributed by atoms with Crippen molar-refractivity contribution in [1.82, 2.24) is 4.90 Å². The quantitative estimate of drug-likeness (QED) is 0.887. The third kappa shape index (κ3) is 3.39. The molecule has 110 valence electrons. The molecule has 1 aromatic heterocycles. The van der Waals surface area contributed by atoms with Crippen LogP contribution in [-0.2, 0) is 11.4 Å². The first-order valence-corrected chi connectivity index (χ1v) is 6.80. The van der Waals surface area contributed by atoms with Crippen LogP contribution in [0.15, 0.2) is 21.5 Å². The molecule has 0 aliphatic carbocycles. The second-order valence-corrected chi connectivity index (χ2v) is 4.88. The third-order valence-electron chi connectivity index (χ3n) is 3.33. The van der Waals surface area contributed by atoms with E-state index in [1.54, 1.807) is 11.8 Å². The van der Waals surface area contributed by atoms with E-state index in [1.807, 2.05) is 0 Å². The number of aliphatic hydroxyl groups excluding tert-OH is 1. The first kappa shape index (κ1) is 14.6. The maximum Gasteiger partial charge on any atom is 0.263 e. The van der Waals surface area contributed by atoms with E-state index in [9.17, 15) is 9.59 Å². The Balaban J connectivity index is 2.01. The molecule has 2 rings (SSSR count). The first-order chi connectivity index (χ1) is 9.61. The fourth-order valence-electron chi connectivity index (χ4n) is 2.22. The van der Waals surface area contributed by atoms with Gasteiger partial charge in [-0.25, -0.2) is 0 Å². The van der Waals surface area contributed by atoms with Gasteiger partial charge in [-0.3, -0.25) is 9.59 Å². The zero-order valence-corrected chi connectivity index (χ0v) is 11.5. The fraction of sp³-hybridized carbons (Fsp3) is 0.571. The van der Waals surface area contributed by atoms with Gasteiger partial charge in [0.25, 0.3) is 5.91 Å². The number of aliphatic hydroxyl groups is 1. The van der Waals surface area contributed by atoms with Crippen molar-refractivity contribution in [2.75, 3.05) is 13.1 Å². The number of ether oxygens (including phenoxy) is 1. The third-order valence-corrected chi connectivity index (χ3v) is 3.33. The van der Waals surface area contributed by atoms with Gasteiger partial charge in [0.05, 0.1) is 0 Å². The number of hydrogen-bond donors (Lipinski definition) is 1.